The Kier molecular flexibility index (Phi) is 10.3. The standard InChI is InChI=1S/C11H23NO2.ClH/c1-4-6-8-11(12,9-7-5-2)10(13)14-3;/h4-9,12H2,1-3H3;1H. The third-order valence-electron chi connectivity index (χ3n) is 2.54. The van der Waals surface area contributed by atoms with Crippen LogP contribution in [0.2, 0.25) is 0 Å². The zero-order valence-electron chi connectivity index (χ0n) is 10.0. The topological polar surface area (TPSA) is 52.3 Å². The van der Waals surface area contributed by atoms with Gasteiger partial charge in [0.1, 0.15) is 5.54 Å². The summed E-state index contributed by atoms with van der Waals surface area (Å²) < 4.78 is 4.75. The molecule has 0 saturated heterocycles. The average molecular weight is 238 g/mol. The van der Waals surface area contributed by atoms with Crippen LogP contribution in [-0.2, 0) is 9.53 Å². The van der Waals surface area contributed by atoms with Crippen LogP contribution in [0.4, 0.5) is 0 Å². The summed E-state index contributed by atoms with van der Waals surface area (Å²) in [5.74, 6) is -0.264. The predicted octanol–water partition coefficient (Wildman–Crippen LogP) is 2.66. The van der Waals surface area contributed by atoms with Gasteiger partial charge >= 0.3 is 5.97 Å². The van der Waals surface area contributed by atoms with E-state index in [0.29, 0.717) is 0 Å². The lowest BCUT2D eigenvalue weighted by Crippen LogP contribution is -2.48. The van der Waals surface area contributed by atoms with Gasteiger partial charge in [0.25, 0.3) is 0 Å². The van der Waals surface area contributed by atoms with E-state index in [4.69, 9.17) is 10.5 Å². The number of hydrogen-bond donors (Lipinski definition) is 1. The SMILES string of the molecule is CCCCC(N)(CCCC)C(=O)OC.Cl. The van der Waals surface area contributed by atoms with Crippen molar-refractivity contribution < 1.29 is 9.53 Å². The molecule has 0 atom stereocenters. The molecule has 0 aromatic heterocycles. The van der Waals surface area contributed by atoms with Crippen molar-refractivity contribution in [2.75, 3.05) is 7.11 Å². The molecule has 3 nitrogen and oxygen atoms in total. The maximum atomic E-state index is 11.5. The summed E-state index contributed by atoms with van der Waals surface area (Å²) in [6, 6.07) is 0. The van der Waals surface area contributed by atoms with Crippen LogP contribution in [0.1, 0.15) is 52.4 Å². The van der Waals surface area contributed by atoms with E-state index >= 15 is 0 Å². The number of methoxy groups -OCH3 is 1. The molecule has 0 fully saturated rings. The summed E-state index contributed by atoms with van der Waals surface area (Å²) in [6.45, 7) is 4.19. The lowest BCUT2D eigenvalue weighted by molar-refractivity contribution is -0.147. The Labute approximate surface area is 99.2 Å². The van der Waals surface area contributed by atoms with Crippen molar-refractivity contribution >= 4 is 18.4 Å². The van der Waals surface area contributed by atoms with Gasteiger partial charge in [0.2, 0.25) is 0 Å². The maximum Gasteiger partial charge on any atom is 0.325 e. The van der Waals surface area contributed by atoms with E-state index in [-0.39, 0.29) is 18.4 Å². The fraction of sp³-hybridized carbons (Fsp3) is 0.909. The fourth-order valence-electron chi connectivity index (χ4n) is 1.52. The van der Waals surface area contributed by atoms with Crippen LogP contribution in [0.5, 0.6) is 0 Å². The van der Waals surface area contributed by atoms with Gasteiger partial charge < -0.3 is 10.5 Å². The first kappa shape index (κ1) is 17.1. The van der Waals surface area contributed by atoms with Crippen LogP contribution in [0, 0.1) is 0 Å². The average Bonchev–Trinajstić information content (AvgIpc) is 2.22. The van der Waals surface area contributed by atoms with Crippen LogP contribution in [-0.4, -0.2) is 18.6 Å². The van der Waals surface area contributed by atoms with Gasteiger partial charge in [-0.05, 0) is 12.8 Å². The first-order chi connectivity index (χ1) is 6.60. The molecule has 0 saturated carbocycles. The molecule has 92 valence electrons. The monoisotopic (exact) mass is 237 g/mol. The molecule has 0 spiro atoms. The lowest BCUT2D eigenvalue weighted by atomic mass is 9.88. The van der Waals surface area contributed by atoms with Crippen LogP contribution >= 0.6 is 12.4 Å². The smallest absolute Gasteiger partial charge is 0.325 e. The van der Waals surface area contributed by atoms with Crippen molar-refractivity contribution in [3.8, 4) is 0 Å². The fourth-order valence-corrected chi connectivity index (χ4v) is 1.52. The van der Waals surface area contributed by atoms with Gasteiger partial charge in [-0.3, -0.25) is 4.79 Å². The molecule has 0 radical (unpaired) electrons. The molecule has 0 aromatic rings. The van der Waals surface area contributed by atoms with E-state index in [0.717, 1.165) is 38.5 Å². The summed E-state index contributed by atoms with van der Waals surface area (Å²) in [7, 11) is 1.40. The summed E-state index contributed by atoms with van der Waals surface area (Å²) >= 11 is 0. The van der Waals surface area contributed by atoms with Crippen molar-refractivity contribution in [2.45, 2.75) is 57.9 Å². The highest BCUT2D eigenvalue weighted by molar-refractivity contribution is 5.85. The van der Waals surface area contributed by atoms with E-state index in [9.17, 15) is 4.79 Å². The van der Waals surface area contributed by atoms with Gasteiger partial charge in [-0.25, -0.2) is 0 Å². The van der Waals surface area contributed by atoms with Gasteiger partial charge in [0.05, 0.1) is 7.11 Å². The number of halogens is 1. The third kappa shape index (κ3) is 6.00. The first-order valence-electron chi connectivity index (χ1n) is 5.48. The molecule has 0 rings (SSSR count). The molecule has 0 aromatic carbocycles. The minimum atomic E-state index is -0.749. The van der Waals surface area contributed by atoms with Crippen molar-refractivity contribution in [3.05, 3.63) is 0 Å². The zero-order valence-corrected chi connectivity index (χ0v) is 10.9. The first-order valence-corrected chi connectivity index (χ1v) is 5.48. The molecule has 0 aliphatic rings. The molecule has 0 amide bonds. The van der Waals surface area contributed by atoms with Gasteiger partial charge in [0.15, 0.2) is 0 Å². The van der Waals surface area contributed by atoms with E-state index in [1.165, 1.54) is 7.11 Å². The molecule has 2 N–H and O–H groups in total. The Balaban J connectivity index is 0. The number of carbonyl (C=O) groups is 1. The van der Waals surface area contributed by atoms with Crippen LogP contribution in [0.15, 0.2) is 0 Å². The lowest BCUT2D eigenvalue weighted by Gasteiger charge is -2.26. The van der Waals surface area contributed by atoms with Crippen LogP contribution < -0.4 is 5.73 Å². The molecule has 0 bridgehead atoms. The Morgan fingerprint density at radius 3 is 1.87 bits per heavy atom. The molecule has 0 unspecified atom stereocenters. The largest absolute Gasteiger partial charge is 0.468 e. The minimum absolute atomic E-state index is 0. The third-order valence-corrected chi connectivity index (χ3v) is 2.54. The second-order valence-electron chi connectivity index (χ2n) is 3.85. The molecule has 0 aliphatic heterocycles. The van der Waals surface area contributed by atoms with E-state index in [2.05, 4.69) is 13.8 Å². The van der Waals surface area contributed by atoms with Crippen LogP contribution in [0.3, 0.4) is 0 Å². The summed E-state index contributed by atoms with van der Waals surface area (Å²) in [6.07, 6.45) is 5.54. The minimum Gasteiger partial charge on any atom is -0.468 e. The highest BCUT2D eigenvalue weighted by Gasteiger charge is 2.33. The zero-order chi connectivity index (χ0) is 11.0. The van der Waals surface area contributed by atoms with Crippen molar-refractivity contribution in [2.24, 2.45) is 5.73 Å². The van der Waals surface area contributed by atoms with Gasteiger partial charge in [-0.1, -0.05) is 39.5 Å². The number of ether oxygens (including phenoxy) is 1. The quantitative estimate of drug-likeness (QED) is 0.693. The number of nitrogens with two attached hydrogens (primary N) is 1. The molecule has 4 heteroatoms. The Morgan fingerprint density at radius 1 is 1.20 bits per heavy atom. The predicted molar refractivity (Wildman–Crippen MR) is 65.2 cm³/mol. The molecule has 15 heavy (non-hydrogen) atoms. The molecular weight excluding hydrogens is 214 g/mol. The van der Waals surface area contributed by atoms with Gasteiger partial charge in [-0.15, -0.1) is 12.4 Å². The van der Waals surface area contributed by atoms with Crippen molar-refractivity contribution in [1.29, 1.82) is 0 Å². The summed E-state index contributed by atoms with van der Waals surface area (Å²) in [5, 5.41) is 0. The molecular formula is C11H24ClNO2. The number of hydrogen-bond acceptors (Lipinski definition) is 3. The van der Waals surface area contributed by atoms with Gasteiger partial charge in [-0.2, -0.15) is 0 Å². The van der Waals surface area contributed by atoms with Crippen molar-refractivity contribution in [1.82, 2.24) is 0 Å². The Morgan fingerprint density at radius 2 is 1.60 bits per heavy atom. The van der Waals surface area contributed by atoms with E-state index in [1.807, 2.05) is 0 Å². The highest BCUT2D eigenvalue weighted by atomic mass is 35.5. The summed E-state index contributed by atoms with van der Waals surface area (Å²) in [4.78, 5) is 11.5. The van der Waals surface area contributed by atoms with Crippen molar-refractivity contribution in [3.63, 3.8) is 0 Å². The Bertz CT molecular complexity index is 166. The molecule has 0 heterocycles. The van der Waals surface area contributed by atoms with E-state index < -0.39 is 5.54 Å². The molecule has 0 aliphatic carbocycles. The maximum absolute atomic E-state index is 11.5. The highest BCUT2D eigenvalue weighted by Crippen LogP contribution is 2.20. The Hall–Kier alpha value is -0.280. The number of carbonyl (C=O) groups excluding carboxylic acids is 1. The summed E-state index contributed by atoms with van der Waals surface area (Å²) in [5.41, 5.74) is 5.30. The second kappa shape index (κ2) is 8.98. The number of esters is 1. The normalized spacial score (nSPS) is 10.7. The number of rotatable bonds is 7. The van der Waals surface area contributed by atoms with Gasteiger partial charge in [0, 0.05) is 0 Å². The second-order valence-corrected chi connectivity index (χ2v) is 3.85. The van der Waals surface area contributed by atoms with E-state index in [1.54, 1.807) is 0 Å². The number of unbranched alkanes of at least 4 members (excludes halogenated alkanes) is 2. The van der Waals surface area contributed by atoms with Crippen LogP contribution in [0.25, 0.3) is 0 Å².